The molecule has 0 radical (unpaired) electrons. The number of nitrogens with zero attached hydrogens (tertiary/aromatic N) is 2. The Morgan fingerprint density at radius 2 is 2.05 bits per heavy atom. The van der Waals surface area contributed by atoms with E-state index in [1.54, 1.807) is 12.1 Å². The summed E-state index contributed by atoms with van der Waals surface area (Å²) in [6.07, 6.45) is 0. The van der Waals surface area contributed by atoms with Crippen molar-refractivity contribution in [3.63, 3.8) is 0 Å². The van der Waals surface area contributed by atoms with Crippen molar-refractivity contribution >= 4 is 17.6 Å². The van der Waals surface area contributed by atoms with E-state index < -0.39 is 5.97 Å². The largest absolute Gasteiger partial charge is 0.478 e. The first-order chi connectivity index (χ1) is 9.95. The molecule has 0 aliphatic heterocycles. The molecule has 1 heterocycles. The molecule has 5 heteroatoms. The molecular weight excluding hydrogens is 288 g/mol. The SMILES string of the molecule is Cc1cccc(CN(C)Cc2ccc(C(=O)O)cc2Cl)n1. The smallest absolute Gasteiger partial charge is 0.335 e. The van der Waals surface area contributed by atoms with Crippen LogP contribution in [0.1, 0.15) is 27.3 Å². The molecule has 0 saturated heterocycles. The first kappa shape index (κ1) is 15.5. The second-order valence-corrected chi connectivity index (χ2v) is 5.46. The average Bonchev–Trinajstić information content (AvgIpc) is 2.40. The number of carboxylic acids is 1. The van der Waals surface area contributed by atoms with Gasteiger partial charge >= 0.3 is 5.97 Å². The van der Waals surface area contributed by atoms with Crippen LogP contribution in [0.25, 0.3) is 0 Å². The minimum Gasteiger partial charge on any atom is -0.478 e. The topological polar surface area (TPSA) is 53.4 Å². The number of aryl methyl sites for hydroxylation is 1. The van der Waals surface area contributed by atoms with E-state index in [4.69, 9.17) is 16.7 Å². The number of rotatable bonds is 5. The highest BCUT2D eigenvalue weighted by atomic mass is 35.5. The van der Waals surface area contributed by atoms with Crippen LogP contribution in [0.5, 0.6) is 0 Å². The summed E-state index contributed by atoms with van der Waals surface area (Å²) in [7, 11) is 1.98. The zero-order valence-electron chi connectivity index (χ0n) is 12.0. The molecule has 110 valence electrons. The summed E-state index contributed by atoms with van der Waals surface area (Å²) in [5.74, 6) is -0.972. The lowest BCUT2D eigenvalue weighted by Gasteiger charge is -2.17. The number of aromatic carboxylic acids is 1. The van der Waals surface area contributed by atoms with Crippen LogP contribution in [0.15, 0.2) is 36.4 Å². The third-order valence-electron chi connectivity index (χ3n) is 3.12. The van der Waals surface area contributed by atoms with Crippen LogP contribution in [0.3, 0.4) is 0 Å². The molecule has 0 saturated carbocycles. The summed E-state index contributed by atoms with van der Waals surface area (Å²) in [6, 6.07) is 10.7. The van der Waals surface area contributed by atoms with Gasteiger partial charge in [-0.25, -0.2) is 4.79 Å². The fraction of sp³-hybridized carbons (Fsp3) is 0.250. The Balaban J connectivity index is 2.06. The van der Waals surface area contributed by atoms with Crippen LogP contribution < -0.4 is 0 Å². The summed E-state index contributed by atoms with van der Waals surface area (Å²) in [6.45, 7) is 3.30. The lowest BCUT2D eigenvalue weighted by atomic mass is 10.1. The normalized spacial score (nSPS) is 10.9. The molecule has 1 aromatic heterocycles. The number of hydrogen-bond acceptors (Lipinski definition) is 3. The number of carboxylic acid groups (broad SMARTS) is 1. The summed E-state index contributed by atoms with van der Waals surface area (Å²) in [5, 5.41) is 9.40. The Labute approximate surface area is 129 Å². The highest BCUT2D eigenvalue weighted by Gasteiger charge is 2.09. The molecule has 0 amide bonds. The molecule has 0 atom stereocenters. The van der Waals surface area contributed by atoms with Crippen LogP contribution in [-0.4, -0.2) is 28.0 Å². The second-order valence-electron chi connectivity index (χ2n) is 5.05. The Kier molecular flexibility index (Phi) is 4.94. The molecule has 0 aliphatic carbocycles. The second kappa shape index (κ2) is 6.70. The van der Waals surface area contributed by atoms with E-state index in [1.807, 2.05) is 32.2 Å². The van der Waals surface area contributed by atoms with E-state index in [2.05, 4.69) is 9.88 Å². The third kappa shape index (κ3) is 4.28. The van der Waals surface area contributed by atoms with Crippen LogP contribution >= 0.6 is 11.6 Å². The van der Waals surface area contributed by atoms with Gasteiger partial charge in [0.05, 0.1) is 11.3 Å². The van der Waals surface area contributed by atoms with Crippen LogP contribution in [-0.2, 0) is 13.1 Å². The zero-order chi connectivity index (χ0) is 15.4. The molecule has 2 aromatic rings. The van der Waals surface area contributed by atoms with Crippen LogP contribution in [0, 0.1) is 6.92 Å². The predicted octanol–water partition coefficient (Wildman–Crippen LogP) is 3.37. The standard InChI is InChI=1S/C16H17ClN2O2/c1-11-4-3-5-14(18-11)10-19(2)9-13-7-6-12(16(20)21)8-15(13)17/h3-8H,9-10H2,1-2H3,(H,20,21). The van der Waals surface area contributed by atoms with E-state index in [0.29, 0.717) is 18.1 Å². The van der Waals surface area contributed by atoms with E-state index in [0.717, 1.165) is 17.0 Å². The summed E-state index contributed by atoms with van der Waals surface area (Å²) >= 11 is 6.14. The van der Waals surface area contributed by atoms with Crippen molar-refractivity contribution in [3.8, 4) is 0 Å². The first-order valence-electron chi connectivity index (χ1n) is 6.58. The van der Waals surface area contributed by atoms with Gasteiger partial charge in [0.25, 0.3) is 0 Å². The number of aromatic nitrogens is 1. The maximum atomic E-state index is 10.9. The fourth-order valence-electron chi connectivity index (χ4n) is 2.12. The van der Waals surface area contributed by atoms with E-state index in [9.17, 15) is 4.79 Å². The summed E-state index contributed by atoms with van der Waals surface area (Å²) < 4.78 is 0. The zero-order valence-corrected chi connectivity index (χ0v) is 12.8. The van der Waals surface area contributed by atoms with Crippen molar-refractivity contribution in [2.24, 2.45) is 0 Å². The van der Waals surface area contributed by atoms with Crippen molar-refractivity contribution in [3.05, 3.63) is 63.9 Å². The number of halogens is 1. The van der Waals surface area contributed by atoms with Crippen molar-refractivity contribution in [1.82, 2.24) is 9.88 Å². The molecular formula is C16H17ClN2O2. The predicted molar refractivity (Wildman–Crippen MR) is 82.6 cm³/mol. The number of hydrogen-bond donors (Lipinski definition) is 1. The quantitative estimate of drug-likeness (QED) is 0.920. The fourth-order valence-corrected chi connectivity index (χ4v) is 2.36. The molecule has 0 bridgehead atoms. The van der Waals surface area contributed by atoms with Crippen molar-refractivity contribution in [2.45, 2.75) is 20.0 Å². The minimum absolute atomic E-state index is 0.201. The van der Waals surface area contributed by atoms with Crippen molar-refractivity contribution in [2.75, 3.05) is 7.05 Å². The van der Waals surface area contributed by atoms with E-state index in [-0.39, 0.29) is 5.56 Å². The summed E-state index contributed by atoms with van der Waals surface area (Å²) in [5.41, 5.74) is 3.09. The molecule has 4 nitrogen and oxygen atoms in total. The van der Waals surface area contributed by atoms with Gasteiger partial charge in [-0.2, -0.15) is 0 Å². The van der Waals surface area contributed by atoms with Crippen molar-refractivity contribution < 1.29 is 9.90 Å². The molecule has 0 spiro atoms. The van der Waals surface area contributed by atoms with E-state index in [1.165, 1.54) is 6.07 Å². The van der Waals surface area contributed by atoms with Gasteiger partial charge in [-0.05, 0) is 43.8 Å². The average molecular weight is 305 g/mol. The van der Waals surface area contributed by atoms with Gasteiger partial charge in [-0.1, -0.05) is 23.7 Å². The van der Waals surface area contributed by atoms with E-state index >= 15 is 0 Å². The highest BCUT2D eigenvalue weighted by molar-refractivity contribution is 6.31. The van der Waals surface area contributed by atoms with Gasteiger partial charge in [0.15, 0.2) is 0 Å². The van der Waals surface area contributed by atoms with Crippen molar-refractivity contribution in [1.29, 1.82) is 0 Å². The number of pyridine rings is 1. The first-order valence-corrected chi connectivity index (χ1v) is 6.96. The molecule has 0 unspecified atom stereocenters. The van der Waals surface area contributed by atoms with Crippen LogP contribution in [0.2, 0.25) is 5.02 Å². The number of carbonyl (C=O) groups is 1. The minimum atomic E-state index is -0.972. The molecule has 1 aromatic carbocycles. The lowest BCUT2D eigenvalue weighted by Crippen LogP contribution is -2.18. The Bertz CT molecular complexity index is 658. The van der Waals surface area contributed by atoms with Crippen LogP contribution in [0.4, 0.5) is 0 Å². The van der Waals surface area contributed by atoms with Gasteiger partial charge < -0.3 is 5.11 Å². The Hall–Kier alpha value is -1.91. The Morgan fingerprint density at radius 1 is 1.29 bits per heavy atom. The van der Waals surface area contributed by atoms with Gasteiger partial charge in [-0.3, -0.25) is 9.88 Å². The maximum Gasteiger partial charge on any atom is 0.335 e. The molecule has 21 heavy (non-hydrogen) atoms. The van der Waals surface area contributed by atoms with Gasteiger partial charge in [0.1, 0.15) is 0 Å². The molecule has 1 N–H and O–H groups in total. The molecule has 2 rings (SSSR count). The number of benzene rings is 1. The van der Waals surface area contributed by atoms with Gasteiger partial charge in [0.2, 0.25) is 0 Å². The van der Waals surface area contributed by atoms with Gasteiger partial charge in [-0.15, -0.1) is 0 Å². The highest BCUT2D eigenvalue weighted by Crippen LogP contribution is 2.20. The third-order valence-corrected chi connectivity index (χ3v) is 3.47. The Morgan fingerprint density at radius 3 is 2.67 bits per heavy atom. The maximum absolute atomic E-state index is 10.9. The summed E-state index contributed by atoms with van der Waals surface area (Å²) in [4.78, 5) is 17.4. The molecule has 0 fully saturated rings. The monoisotopic (exact) mass is 304 g/mol. The van der Waals surface area contributed by atoms with Gasteiger partial charge in [0, 0.05) is 23.8 Å². The molecule has 0 aliphatic rings. The lowest BCUT2D eigenvalue weighted by molar-refractivity contribution is 0.0697.